The zero-order chi connectivity index (χ0) is 14.5. The molecule has 5 heteroatoms. The van der Waals surface area contributed by atoms with Crippen molar-refractivity contribution in [2.75, 3.05) is 6.61 Å². The van der Waals surface area contributed by atoms with Crippen molar-refractivity contribution in [2.24, 2.45) is 0 Å². The Morgan fingerprint density at radius 2 is 1.80 bits per heavy atom. The van der Waals surface area contributed by atoms with Gasteiger partial charge in [-0.1, -0.05) is 15.9 Å². The van der Waals surface area contributed by atoms with Gasteiger partial charge in [0.15, 0.2) is 0 Å². The first-order valence-corrected chi connectivity index (χ1v) is 6.83. The summed E-state index contributed by atoms with van der Waals surface area (Å²) in [5.74, 6) is 0.560. The summed E-state index contributed by atoms with van der Waals surface area (Å²) in [5.41, 5.74) is 0.105. The predicted octanol–water partition coefficient (Wildman–Crippen LogP) is 4.34. The molecule has 0 aromatic heterocycles. The summed E-state index contributed by atoms with van der Waals surface area (Å²) in [6.07, 6.45) is 0. The highest BCUT2D eigenvalue weighted by Gasteiger charge is 2.12. The molecule has 2 aromatic carbocycles. The quantitative estimate of drug-likeness (QED) is 0.882. The average Bonchev–Trinajstić information content (AvgIpc) is 2.43. The Bertz CT molecular complexity index is 608. The highest BCUT2D eigenvalue weighted by atomic mass is 79.9. The number of ether oxygens (including phenoxy) is 2. The predicted molar refractivity (Wildman–Crippen MR) is 78.8 cm³/mol. The molecule has 0 saturated carbocycles. The van der Waals surface area contributed by atoms with Gasteiger partial charge in [-0.25, -0.2) is 4.79 Å². The molecule has 0 aliphatic carbocycles. The number of benzene rings is 2. The lowest BCUT2D eigenvalue weighted by Gasteiger charge is -2.10. The maximum Gasteiger partial charge on any atom is 0.339 e. The van der Waals surface area contributed by atoms with Crippen molar-refractivity contribution in [3.63, 3.8) is 0 Å². The van der Waals surface area contributed by atoms with E-state index in [0.29, 0.717) is 22.6 Å². The van der Waals surface area contributed by atoms with Crippen molar-refractivity contribution in [1.29, 1.82) is 0 Å². The van der Waals surface area contributed by atoms with Gasteiger partial charge < -0.3 is 14.6 Å². The molecule has 20 heavy (non-hydrogen) atoms. The maximum absolute atomic E-state index is 11.2. The second-order valence-corrected chi connectivity index (χ2v) is 4.87. The van der Waals surface area contributed by atoms with Gasteiger partial charge in [-0.2, -0.15) is 0 Å². The molecule has 4 nitrogen and oxygen atoms in total. The summed E-state index contributed by atoms with van der Waals surface area (Å²) in [5, 5.41) is 9.16. The molecule has 0 aliphatic heterocycles. The fraction of sp³-hybridized carbons (Fsp3) is 0.133. The van der Waals surface area contributed by atoms with Gasteiger partial charge in [-0.3, -0.25) is 0 Å². The molecule has 2 rings (SSSR count). The summed E-state index contributed by atoms with van der Waals surface area (Å²) in [7, 11) is 0. The second-order valence-electron chi connectivity index (χ2n) is 3.95. The van der Waals surface area contributed by atoms with Gasteiger partial charge in [0, 0.05) is 4.47 Å². The molecule has 0 fully saturated rings. The van der Waals surface area contributed by atoms with E-state index in [1.165, 1.54) is 6.07 Å². The first-order chi connectivity index (χ1) is 9.60. The van der Waals surface area contributed by atoms with E-state index in [1.807, 2.05) is 6.92 Å². The topological polar surface area (TPSA) is 55.8 Å². The molecule has 0 radical (unpaired) electrons. The number of halogens is 1. The summed E-state index contributed by atoms with van der Waals surface area (Å²) >= 11 is 3.24. The van der Waals surface area contributed by atoms with Crippen molar-refractivity contribution in [3.8, 4) is 17.2 Å². The lowest BCUT2D eigenvalue weighted by atomic mass is 10.2. The molecule has 0 saturated heterocycles. The van der Waals surface area contributed by atoms with E-state index in [2.05, 4.69) is 15.9 Å². The fourth-order valence-corrected chi connectivity index (χ4v) is 2.02. The van der Waals surface area contributed by atoms with E-state index >= 15 is 0 Å². The van der Waals surface area contributed by atoms with Crippen molar-refractivity contribution in [2.45, 2.75) is 6.92 Å². The SMILES string of the molecule is CCOc1ccc(Oc2ccc(Br)cc2C(=O)O)cc1. The number of rotatable bonds is 5. The van der Waals surface area contributed by atoms with Crippen LogP contribution in [0.5, 0.6) is 17.2 Å². The van der Waals surface area contributed by atoms with Crippen LogP contribution in [0, 0.1) is 0 Å². The molecule has 0 unspecified atom stereocenters. The van der Waals surface area contributed by atoms with Gasteiger partial charge in [-0.05, 0) is 49.4 Å². The summed E-state index contributed by atoms with van der Waals surface area (Å²) < 4.78 is 11.6. The highest BCUT2D eigenvalue weighted by Crippen LogP contribution is 2.29. The van der Waals surface area contributed by atoms with E-state index in [0.717, 1.165) is 5.75 Å². The minimum Gasteiger partial charge on any atom is -0.494 e. The number of hydrogen-bond acceptors (Lipinski definition) is 3. The van der Waals surface area contributed by atoms with E-state index in [4.69, 9.17) is 14.6 Å². The van der Waals surface area contributed by atoms with Crippen molar-refractivity contribution in [1.82, 2.24) is 0 Å². The van der Waals surface area contributed by atoms with Gasteiger partial charge in [0.1, 0.15) is 22.8 Å². The standard InChI is InChI=1S/C15H13BrO4/c1-2-19-11-4-6-12(7-5-11)20-14-8-3-10(16)9-13(14)15(17)18/h3-9H,2H2,1H3,(H,17,18). The normalized spacial score (nSPS) is 10.1. The minimum atomic E-state index is -1.03. The Morgan fingerprint density at radius 1 is 1.15 bits per heavy atom. The third-order valence-electron chi connectivity index (χ3n) is 2.53. The van der Waals surface area contributed by atoms with Crippen LogP contribution >= 0.6 is 15.9 Å². The van der Waals surface area contributed by atoms with Crippen LogP contribution in [0.2, 0.25) is 0 Å². The number of carboxylic acid groups (broad SMARTS) is 1. The number of carbonyl (C=O) groups is 1. The Labute approximate surface area is 125 Å². The van der Waals surface area contributed by atoms with Crippen LogP contribution in [-0.4, -0.2) is 17.7 Å². The van der Waals surface area contributed by atoms with Crippen LogP contribution < -0.4 is 9.47 Å². The molecule has 0 spiro atoms. The van der Waals surface area contributed by atoms with Crippen molar-refractivity contribution in [3.05, 3.63) is 52.5 Å². The van der Waals surface area contributed by atoms with Crippen LogP contribution in [0.15, 0.2) is 46.9 Å². The molecular weight excluding hydrogens is 324 g/mol. The monoisotopic (exact) mass is 336 g/mol. The maximum atomic E-state index is 11.2. The van der Waals surface area contributed by atoms with Crippen LogP contribution in [0.1, 0.15) is 17.3 Å². The van der Waals surface area contributed by atoms with Gasteiger partial charge in [0.25, 0.3) is 0 Å². The molecule has 104 valence electrons. The van der Waals surface area contributed by atoms with E-state index in [1.54, 1.807) is 36.4 Å². The number of carboxylic acids is 1. The largest absolute Gasteiger partial charge is 0.494 e. The van der Waals surface area contributed by atoms with Crippen LogP contribution in [0.4, 0.5) is 0 Å². The molecule has 0 heterocycles. The first kappa shape index (κ1) is 14.4. The summed E-state index contributed by atoms with van der Waals surface area (Å²) in [6.45, 7) is 2.50. The molecule has 0 aliphatic rings. The summed E-state index contributed by atoms with van der Waals surface area (Å²) in [6, 6.07) is 11.9. The molecule has 1 N–H and O–H groups in total. The van der Waals surface area contributed by atoms with Crippen LogP contribution in [0.3, 0.4) is 0 Å². The van der Waals surface area contributed by atoms with Crippen molar-refractivity contribution >= 4 is 21.9 Å². The van der Waals surface area contributed by atoms with Crippen LogP contribution in [0.25, 0.3) is 0 Å². The van der Waals surface area contributed by atoms with Gasteiger partial charge in [0.05, 0.1) is 6.61 Å². The lowest BCUT2D eigenvalue weighted by molar-refractivity contribution is 0.0694. The Morgan fingerprint density at radius 3 is 2.40 bits per heavy atom. The van der Waals surface area contributed by atoms with Crippen molar-refractivity contribution < 1.29 is 19.4 Å². The first-order valence-electron chi connectivity index (χ1n) is 6.03. The zero-order valence-corrected chi connectivity index (χ0v) is 12.4. The minimum absolute atomic E-state index is 0.105. The smallest absolute Gasteiger partial charge is 0.339 e. The van der Waals surface area contributed by atoms with E-state index < -0.39 is 5.97 Å². The molecule has 0 amide bonds. The van der Waals surface area contributed by atoms with E-state index in [-0.39, 0.29) is 5.56 Å². The van der Waals surface area contributed by atoms with Crippen LogP contribution in [-0.2, 0) is 0 Å². The number of aromatic carboxylic acids is 1. The fourth-order valence-electron chi connectivity index (χ4n) is 1.66. The summed E-state index contributed by atoms with van der Waals surface area (Å²) in [4.78, 5) is 11.2. The molecular formula is C15H13BrO4. The molecule has 2 aromatic rings. The zero-order valence-electron chi connectivity index (χ0n) is 10.8. The van der Waals surface area contributed by atoms with Gasteiger partial charge in [0.2, 0.25) is 0 Å². The Kier molecular flexibility index (Phi) is 4.63. The Balaban J connectivity index is 2.23. The average molecular weight is 337 g/mol. The molecule has 0 bridgehead atoms. The van der Waals surface area contributed by atoms with E-state index in [9.17, 15) is 4.79 Å². The third kappa shape index (κ3) is 3.51. The highest BCUT2D eigenvalue weighted by molar-refractivity contribution is 9.10. The molecule has 0 atom stereocenters. The van der Waals surface area contributed by atoms with Gasteiger partial charge in [-0.15, -0.1) is 0 Å². The van der Waals surface area contributed by atoms with Gasteiger partial charge >= 0.3 is 5.97 Å². The third-order valence-corrected chi connectivity index (χ3v) is 3.03. The lowest BCUT2D eigenvalue weighted by Crippen LogP contribution is -2.00. The second kappa shape index (κ2) is 6.43. The Hall–Kier alpha value is -2.01. The number of hydrogen-bond donors (Lipinski definition) is 1.